The third-order valence-corrected chi connectivity index (χ3v) is 10.6. The summed E-state index contributed by atoms with van der Waals surface area (Å²) < 4.78 is 28.0. The second-order valence-corrected chi connectivity index (χ2v) is 13.9. The number of hydrogen-bond donors (Lipinski definition) is 3. The van der Waals surface area contributed by atoms with Crippen molar-refractivity contribution in [3.05, 3.63) is 54.2 Å². The lowest BCUT2D eigenvalue weighted by Gasteiger charge is -2.35. The number of benzene rings is 1. The molecule has 4 aromatic rings. The van der Waals surface area contributed by atoms with Gasteiger partial charge in [0.05, 0.1) is 16.9 Å². The maximum atomic E-state index is 13.3. The number of nitrogens with one attached hydrogen (secondary N) is 2. The van der Waals surface area contributed by atoms with E-state index >= 15 is 0 Å². The second kappa shape index (κ2) is 12.9. The van der Waals surface area contributed by atoms with Crippen molar-refractivity contribution in [2.75, 3.05) is 57.5 Å². The van der Waals surface area contributed by atoms with Gasteiger partial charge in [0.2, 0.25) is 0 Å². The van der Waals surface area contributed by atoms with Gasteiger partial charge in [-0.3, -0.25) is 15.2 Å². The molecular weight excluding hydrogens is 591 g/mol. The van der Waals surface area contributed by atoms with E-state index in [-0.39, 0.29) is 21.1 Å². The lowest BCUT2D eigenvalue weighted by molar-refractivity contribution is 0.184. The fraction of sp³-hybridized carbons (Fsp3) is 0.393. The van der Waals surface area contributed by atoms with Gasteiger partial charge in [0, 0.05) is 68.0 Å². The molecule has 1 aromatic carbocycles. The normalized spacial score (nSPS) is 15.6. The number of carboxylic acid groups (broad SMARTS) is 1. The molecule has 1 saturated heterocycles. The van der Waals surface area contributed by atoms with Crippen molar-refractivity contribution in [1.29, 1.82) is 0 Å². The van der Waals surface area contributed by atoms with Gasteiger partial charge in [-0.2, -0.15) is 4.31 Å². The Bertz CT molecular complexity index is 1700. The number of rotatable bonds is 10. The van der Waals surface area contributed by atoms with Gasteiger partial charge in [-0.1, -0.05) is 29.5 Å². The Hall–Kier alpha value is -3.76. The number of pyridine rings is 1. The molecule has 4 heterocycles. The van der Waals surface area contributed by atoms with Crippen LogP contribution in [0.4, 0.5) is 15.7 Å². The number of aromatic nitrogens is 4. The molecule has 1 fully saturated rings. The fourth-order valence-electron chi connectivity index (χ4n) is 5.14. The van der Waals surface area contributed by atoms with Crippen LogP contribution in [0.5, 0.6) is 0 Å². The number of carbonyl (C=O) groups is 1. The van der Waals surface area contributed by atoms with Crippen LogP contribution < -0.4 is 10.6 Å². The lowest BCUT2D eigenvalue weighted by atomic mass is 10.0. The summed E-state index contributed by atoms with van der Waals surface area (Å²) in [6.45, 7) is 6.90. The molecule has 43 heavy (non-hydrogen) atoms. The van der Waals surface area contributed by atoms with E-state index in [4.69, 9.17) is 5.11 Å². The largest absolute Gasteiger partial charge is 0.465 e. The minimum absolute atomic E-state index is 0.0327. The van der Waals surface area contributed by atoms with Crippen LogP contribution >= 0.6 is 11.3 Å². The summed E-state index contributed by atoms with van der Waals surface area (Å²) in [5, 5.41) is 15.5. The number of thiazole rings is 1. The zero-order chi connectivity index (χ0) is 30.7. The van der Waals surface area contributed by atoms with Gasteiger partial charge in [0.25, 0.3) is 10.0 Å². The highest BCUT2D eigenvalue weighted by Gasteiger charge is 2.32. The number of anilines is 2. The highest BCUT2D eigenvalue weighted by Crippen LogP contribution is 2.31. The molecule has 1 aliphatic rings. The maximum absolute atomic E-state index is 13.3. The average Bonchev–Trinajstić information content (AvgIpc) is 3.33. The van der Waals surface area contributed by atoms with Crippen molar-refractivity contribution in [2.45, 2.75) is 30.6 Å². The Labute approximate surface area is 254 Å². The summed E-state index contributed by atoms with van der Waals surface area (Å²) in [7, 11) is 0.255. The van der Waals surface area contributed by atoms with E-state index < -0.39 is 16.1 Å². The first kappa shape index (κ1) is 30.7. The van der Waals surface area contributed by atoms with Gasteiger partial charge in [-0.15, -0.1) is 0 Å². The lowest BCUT2D eigenvalue weighted by Crippen LogP contribution is -2.50. The molecule has 15 heteroatoms. The number of piperazine rings is 1. The fourth-order valence-corrected chi connectivity index (χ4v) is 8.10. The third kappa shape index (κ3) is 7.08. The summed E-state index contributed by atoms with van der Waals surface area (Å²) in [5.41, 5.74) is 4.10. The van der Waals surface area contributed by atoms with Gasteiger partial charge in [0.1, 0.15) is 12.1 Å². The predicted octanol–water partition coefficient (Wildman–Crippen LogP) is 3.42. The van der Waals surface area contributed by atoms with E-state index in [1.54, 1.807) is 13.3 Å². The van der Waals surface area contributed by atoms with Gasteiger partial charge >= 0.3 is 6.09 Å². The zero-order valence-corrected chi connectivity index (χ0v) is 26.1. The number of para-hydroxylation sites is 1. The third-order valence-electron chi connectivity index (χ3n) is 7.07. The van der Waals surface area contributed by atoms with E-state index in [1.165, 1.54) is 4.31 Å². The molecule has 1 atom stereocenters. The second-order valence-electron chi connectivity index (χ2n) is 10.8. The zero-order valence-electron chi connectivity index (χ0n) is 24.5. The van der Waals surface area contributed by atoms with Crippen molar-refractivity contribution in [3.63, 3.8) is 0 Å². The van der Waals surface area contributed by atoms with E-state index in [2.05, 4.69) is 53.4 Å². The monoisotopic (exact) mass is 625 g/mol. The van der Waals surface area contributed by atoms with Crippen LogP contribution in [-0.4, -0.2) is 107 Å². The topological polar surface area (TPSA) is 157 Å². The number of nitrogens with zero attached hydrogens (tertiary/aromatic N) is 7. The van der Waals surface area contributed by atoms with E-state index in [0.29, 0.717) is 32.7 Å². The molecule has 228 valence electrons. The molecule has 3 aromatic heterocycles. The van der Waals surface area contributed by atoms with Gasteiger partial charge in [-0.05, 0) is 40.1 Å². The minimum Gasteiger partial charge on any atom is -0.465 e. The molecule has 1 amide bonds. The van der Waals surface area contributed by atoms with Crippen molar-refractivity contribution < 1.29 is 18.3 Å². The molecule has 5 rings (SSSR count). The van der Waals surface area contributed by atoms with E-state index in [0.717, 1.165) is 51.4 Å². The average molecular weight is 626 g/mol. The van der Waals surface area contributed by atoms with Gasteiger partial charge < -0.3 is 15.3 Å². The number of sulfonamides is 1. The summed E-state index contributed by atoms with van der Waals surface area (Å²) in [5.74, 6) is 0.740. The molecule has 0 saturated carbocycles. The van der Waals surface area contributed by atoms with E-state index in [9.17, 15) is 13.2 Å². The Morgan fingerprint density at radius 1 is 1.12 bits per heavy atom. The summed E-state index contributed by atoms with van der Waals surface area (Å²) in [6.07, 6.45) is 2.16. The highest BCUT2D eigenvalue weighted by molar-refractivity contribution is 7.91. The predicted molar refractivity (Wildman–Crippen MR) is 167 cm³/mol. The van der Waals surface area contributed by atoms with Gasteiger partial charge in [-0.25, -0.2) is 28.2 Å². The van der Waals surface area contributed by atoms with Crippen LogP contribution in [0, 0.1) is 6.92 Å². The van der Waals surface area contributed by atoms with Crippen molar-refractivity contribution >= 4 is 49.3 Å². The first-order valence-corrected chi connectivity index (χ1v) is 16.1. The standard InChI is InChI=1S/C28H35N9O4S2/c1-18(15-36-10-12-37(13-11-36)43(40,41)26-19(2)33-27(42-26)34-28(38)39)32-25-23-7-5-6-22(24(23)30-17-31-25)20-8-9-21(29-14-20)16-35(3)4/h5-9,14,17-18H,10-13,15-16H2,1-4H3,(H,33,34)(H,38,39)(H,30,31,32). The molecule has 0 radical (unpaired) electrons. The first-order chi connectivity index (χ1) is 20.5. The molecule has 0 aliphatic carbocycles. The first-order valence-electron chi connectivity index (χ1n) is 13.8. The Morgan fingerprint density at radius 3 is 2.56 bits per heavy atom. The summed E-state index contributed by atoms with van der Waals surface area (Å²) in [6, 6.07) is 10.2. The Morgan fingerprint density at radius 2 is 1.88 bits per heavy atom. The van der Waals surface area contributed by atoms with Crippen LogP contribution in [0.2, 0.25) is 0 Å². The highest BCUT2D eigenvalue weighted by atomic mass is 32.2. The minimum atomic E-state index is -3.78. The molecule has 1 unspecified atom stereocenters. The molecule has 0 bridgehead atoms. The maximum Gasteiger partial charge on any atom is 0.410 e. The molecular formula is C28H35N9O4S2. The van der Waals surface area contributed by atoms with Crippen LogP contribution in [0.3, 0.4) is 0 Å². The Kier molecular flexibility index (Phi) is 9.17. The number of hydrogen-bond acceptors (Lipinski definition) is 11. The number of aryl methyl sites for hydroxylation is 1. The molecule has 0 spiro atoms. The van der Waals surface area contributed by atoms with Crippen molar-refractivity contribution in [1.82, 2.24) is 34.0 Å². The van der Waals surface area contributed by atoms with Crippen LogP contribution in [0.1, 0.15) is 18.3 Å². The van der Waals surface area contributed by atoms with Gasteiger partial charge in [0.15, 0.2) is 9.34 Å². The summed E-state index contributed by atoms with van der Waals surface area (Å²) >= 11 is 0.830. The quantitative estimate of drug-likeness (QED) is 0.237. The number of fused-ring (bicyclic) bond motifs is 1. The smallest absolute Gasteiger partial charge is 0.410 e. The molecule has 13 nitrogen and oxygen atoms in total. The Balaban J connectivity index is 1.22. The van der Waals surface area contributed by atoms with Crippen LogP contribution in [0.15, 0.2) is 47.1 Å². The molecule has 1 aliphatic heterocycles. The van der Waals surface area contributed by atoms with Crippen molar-refractivity contribution in [3.8, 4) is 11.1 Å². The SMILES string of the molecule is Cc1nc(NC(=O)O)sc1S(=O)(=O)N1CCN(CC(C)Nc2ncnc3c(-c4ccc(CN(C)C)nc4)cccc23)CC1. The van der Waals surface area contributed by atoms with Crippen molar-refractivity contribution in [2.24, 2.45) is 0 Å². The van der Waals surface area contributed by atoms with Crippen LogP contribution in [-0.2, 0) is 16.6 Å². The van der Waals surface area contributed by atoms with Crippen LogP contribution in [0.25, 0.3) is 22.0 Å². The molecule has 3 N–H and O–H groups in total. The number of amides is 1. The summed E-state index contributed by atoms with van der Waals surface area (Å²) in [4.78, 5) is 33.0. The van der Waals surface area contributed by atoms with E-state index in [1.807, 2.05) is 44.6 Å².